The molecule has 106 valence electrons. The first-order valence-corrected chi connectivity index (χ1v) is 7.83. The van der Waals surface area contributed by atoms with Crippen molar-refractivity contribution in [2.75, 3.05) is 12.3 Å². The van der Waals surface area contributed by atoms with E-state index in [0.29, 0.717) is 12.5 Å². The monoisotopic (exact) mass is 286 g/mol. The normalized spacial score (nSPS) is 16.3. The van der Waals surface area contributed by atoms with Gasteiger partial charge in [0.25, 0.3) is 0 Å². The molecule has 0 unspecified atom stereocenters. The van der Waals surface area contributed by atoms with Crippen molar-refractivity contribution in [3.8, 4) is 0 Å². The van der Waals surface area contributed by atoms with E-state index in [1.54, 1.807) is 13.8 Å². The minimum Gasteiger partial charge on any atom is -0.399 e. The first kappa shape index (κ1) is 14.3. The average Bonchev–Trinajstić information content (AvgIpc) is 3.12. The number of benzene rings is 1. The predicted octanol–water partition coefficient (Wildman–Crippen LogP) is 2.22. The second-order valence-corrected chi connectivity index (χ2v) is 7.16. The van der Waals surface area contributed by atoms with Crippen LogP contribution in [-0.2, 0) is 10.0 Å². The maximum Gasteiger partial charge on any atom is 0.246 e. The Morgan fingerprint density at radius 3 is 2.58 bits per heavy atom. The molecule has 0 saturated heterocycles. The summed E-state index contributed by atoms with van der Waals surface area (Å²) in [5, 5.41) is 0. The second kappa shape index (κ2) is 5.09. The summed E-state index contributed by atoms with van der Waals surface area (Å²) >= 11 is 0. The van der Waals surface area contributed by atoms with Crippen molar-refractivity contribution >= 4 is 15.7 Å². The number of rotatable bonds is 5. The van der Waals surface area contributed by atoms with Crippen LogP contribution in [0.4, 0.5) is 10.1 Å². The summed E-state index contributed by atoms with van der Waals surface area (Å²) < 4.78 is 40.2. The maximum absolute atomic E-state index is 13.8. The average molecular weight is 286 g/mol. The van der Waals surface area contributed by atoms with Crippen LogP contribution in [-0.4, -0.2) is 25.3 Å². The van der Waals surface area contributed by atoms with Crippen molar-refractivity contribution in [1.82, 2.24) is 4.31 Å². The molecule has 0 heterocycles. The van der Waals surface area contributed by atoms with Gasteiger partial charge in [0.05, 0.1) is 0 Å². The number of hydrogen-bond donors (Lipinski definition) is 1. The van der Waals surface area contributed by atoms with Gasteiger partial charge in [-0.05, 0) is 50.8 Å². The van der Waals surface area contributed by atoms with Gasteiger partial charge in [0.15, 0.2) is 0 Å². The smallest absolute Gasteiger partial charge is 0.246 e. The summed E-state index contributed by atoms with van der Waals surface area (Å²) in [6.07, 6.45) is 2.08. The van der Waals surface area contributed by atoms with Crippen molar-refractivity contribution in [3.63, 3.8) is 0 Å². The number of anilines is 1. The van der Waals surface area contributed by atoms with E-state index in [0.717, 1.165) is 18.9 Å². The lowest BCUT2D eigenvalue weighted by atomic mass is 10.3. The third-order valence-electron chi connectivity index (χ3n) is 3.25. The molecule has 0 aliphatic heterocycles. The van der Waals surface area contributed by atoms with Crippen LogP contribution in [0.25, 0.3) is 0 Å². The molecule has 19 heavy (non-hydrogen) atoms. The Kier molecular flexibility index (Phi) is 3.82. The lowest BCUT2D eigenvalue weighted by Gasteiger charge is -2.26. The highest BCUT2D eigenvalue weighted by molar-refractivity contribution is 7.89. The van der Waals surface area contributed by atoms with Gasteiger partial charge in [-0.3, -0.25) is 0 Å². The van der Waals surface area contributed by atoms with Gasteiger partial charge in [0.1, 0.15) is 10.7 Å². The largest absolute Gasteiger partial charge is 0.399 e. The molecule has 4 nitrogen and oxygen atoms in total. The molecule has 1 fully saturated rings. The number of halogens is 1. The topological polar surface area (TPSA) is 63.4 Å². The Hall–Kier alpha value is -1.14. The summed E-state index contributed by atoms with van der Waals surface area (Å²) in [5.41, 5.74) is 5.81. The Morgan fingerprint density at radius 1 is 1.42 bits per heavy atom. The third-order valence-corrected chi connectivity index (χ3v) is 5.31. The Bertz CT molecular complexity index is 568. The minimum absolute atomic E-state index is 0.202. The summed E-state index contributed by atoms with van der Waals surface area (Å²) in [6, 6.07) is 3.44. The van der Waals surface area contributed by atoms with Crippen LogP contribution in [0.2, 0.25) is 0 Å². The van der Waals surface area contributed by atoms with Crippen molar-refractivity contribution in [2.45, 2.75) is 37.6 Å². The SMILES string of the molecule is CC(C)N(CC1CC1)S(=O)(=O)c1cc(N)ccc1F. The first-order chi connectivity index (χ1) is 8.82. The van der Waals surface area contributed by atoms with Crippen LogP contribution in [0.1, 0.15) is 26.7 Å². The fourth-order valence-corrected chi connectivity index (χ4v) is 3.80. The van der Waals surface area contributed by atoms with E-state index in [9.17, 15) is 12.8 Å². The van der Waals surface area contributed by atoms with Gasteiger partial charge in [-0.2, -0.15) is 4.31 Å². The highest BCUT2D eigenvalue weighted by atomic mass is 32.2. The van der Waals surface area contributed by atoms with Gasteiger partial charge in [-0.25, -0.2) is 12.8 Å². The first-order valence-electron chi connectivity index (χ1n) is 6.39. The molecule has 1 saturated carbocycles. The van der Waals surface area contributed by atoms with Crippen LogP contribution in [0, 0.1) is 11.7 Å². The number of nitrogens with zero attached hydrogens (tertiary/aromatic N) is 1. The molecule has 0 radical (unpaired) electrons. The highest BCUT2D eigenvalue weighted by Crippen LogP contribution is 2.33. The third kappa shape index (κ3) is 3.06. The number of nitrogen functional groups attached to an aromatic ring is 1. The molecule has 0 amide bonds. The zero-order valence-corrected chi connectivity index (χ0v) is 12.0. The number of hydrogen-bond acceptors (Lipinski definition) is 3. The Labute approximate surface area is 113 Å². The number of sulfonamides is 1. The molecule has 6 heteroatoms. The molecule has 0 atom stereocenters. The molecule has 0 spiro atoms. The van der Waals surface area contributed by atoms with E-state index < -0.39 is 15.8 Å². The molecule has 1 aromatic rings. The zero-order valence-electron chi connectivity index (χ0n) is 11.1. The van der Waals surface area contributed by atoms with Gasteiger partial charge >= 0.3 is 0 Å². The molecule has 0 aromatic heterocycles. The summed E-state index contributed by atoms with van der Waals surface area (Å²) in [7, 11) is -3.83. The zero-order chi connectivity index (χ0) is 14.2. The Balaban J connectivity index is 2.40. The molecule has 2 N–H and O–H groups in total. The molecule has 1 aliphatic rings. The van der Waals surface area contributed by atoms with E-state index in [2.05, 4.69) is 0 Å². The molecule has 2 rings (SSSR count). The fourth-order valence-electron chi connectivity index (χ4n) is 1.99. The fraction of sp³-hybridized carbons (Fsp3) is 0.538. The van der Waals surface area contributed by atoms with Crippen molar-refractivity contribution in [3.05, 3.63) is 24.0 Å². The van der Waals surface area contributed by atoms with Gasteiger partial charge in [0.2, 0.25) is 10.0 Å². The van der Waals surface area contributed by atoms with Gasteiger partial charge < -0.3 is 5.73 Å². The standard InChI is InChI=1S/C13H19FN2O2S/c1-9(2)16(8-10-3-4-10)19(17,18)13-7-11(15)5-6-12(13)14/h5-7,9-10H,3-4,8,15H2,1-2H3. The van der Waals surface area contributed by atoms with Gasteiger partial charge in [-0.15, -0.1) is 0 Å². The number of nitrogens with two attached hydrogens (primary N) is 1. The Morgan fingerprint density at radius 2 is 2.05 bits per heavy atom. The van der Waals surface area contributed by atoms with E-state index in [1.165, 1.54) is 16.4 Å². The van der Waals surface area contributed by atoms with Crippen LogP contribution in [0.15, 0.2) is 23.1 Å². The lowest BCUT2D eigenvalue weighted by Crippen LogP contribution is -2.38. The molecule has 1 aromatic carbocycles. The predicted molar refractivity (Wildman–Crippen MR) is 72.6 cm³/mol. The van der Waals surface area contributed by atoms with Crippen LogP contribution < -0.4 is 5.73 Å². The maximum atomic E-state index is 13.8. The lowest BCUT2D eigenvalue weighted by molar-refractivity contribution is 0.340. The van der Waals surface area contributed by atoms with Gasteiger partial charge in [0, 0.05) is 18.3 Å². The summed E-state index contributed by atoms with van der Waals surface area (Å²) in [4.78, 5) is -0.332. The van der Waals surface area contributed by atoms with Crippen molar-refractivity contribution in [2.24, 2.45) is 5.92 Å². The second-order valence-electron chi connectivity index (χ2n) is 5.30. The van der Waals surface area contributed by atoms with Crippen LogP contribution in [0.3, 0.4) is 0 Å². The van der Waals surface area contributed by atoms with E-state index in [-0.39, 0.29) is 16.6 Å². The highest BCUT2D eigenvalue weighted by Gasteiger charge is 2.34. The molecular formula is C13H19FN2O2S. The molecule has 0 bridgehead atoms. The van der Waals surface area contributed by atoms with Gasteiger partial charge in [-0.1, -0.05) is 0 Å². The van der Waals surface area contributed by atoms with E-state index in [4.69, 9.17) is 5.73 Å². The van der Waals surface area contributed by atoms with E-state index >= 15 is 0 Å². The van der Waals surface area contributed by atoms with Crippen molar-refractivity contribution in [1.29, 1.82) is 0 Å². The van der Waals surface area contributed by atoms with Crippen LogP contribution in [0.5, 0.6) is 0 Å². The summed E-state index contributed by atoms with van der Waals surface area (Å²) in [6.45, 7) is 4.04. The molecular weight excluding hydrogens is 267 g/mol. The van der Waals surface area contributed by atoms with Crippen LogP contribution >= 0.6 is 0 Å². The summed E-state index contributed by atoms with van der Waals surface area (Å²) in [5.74, 6) is -0.350. The minimum atomic E-state index is -3.83. The van der Waals surface area contributed by atoms with E-state index in [1.807, 2.05) is 0 Å². The van der Waals surface area contributed by atoms with Crippen molar-refractivity contribution < 1.29 is 12.8 Å². The molecule has 1 aliphatic carbocycles. The quantitative estimate of drug-likeness (QED) is 0.844.